The van der Waals surface area contributed by atoms with E-state index in [2.05, 4.69) is 22.2 Å². The molecule has 1 heterocycles. The molecule has 5 heteroatoms. The van der Waals surface area contributed by atoms with Crippen molar-refractivity contribution >= 4 is 17.7 Å². The molecule has 0 aliphatic heterocycles. The molecule has 0 radical (unpaired) electrons. The maximum absolute atomic E-state index is 12.6. The first-order valence-corrected chi connectivity index (χ1v) is 10.3. The van der Waals surface area contributed by atoms with E-state index in [0.717, 1.165) is 23.4 Å². The van der Waals surface area contributed by atoms with E-state index >= 15 is 0 Å². The predicted octanol–water partition coefficient (Wildman–Crippen LogP) is 4.63. The standard InChI is InChI=1S/C21H27N3OS/c1-14-9-7-8-12-18(14)23-20(25)16(3)26-21-22-15(2)13-19(24-21)17-10-5-4-6-11-17/h4-6,10-11,13-14,16,18H,7-9,12H2,1-3H3,(H,23,25)/t14-,16-,18-/m0/s1. The molecule has 1 fully saturated rings. The lowest BCUT2D eigenvalue weighted by atomic mass is 9.86. The lowest BCUT2D eigenvalue weighted by Gasteiger charge is -2.30. The first kappa shape index (κ1) is 18.9. The molecular weight excluding hydrogens is 342 g/mol. The number of carbonyl (C=O) groups is 1. The number of aromatic nitrogens is 2. The first-order chi connectivity index (χ1) is 12.5. The molecular formula is C21H27N3OS. The zero-order valence-corrected chi connectivity index (χ0v) is 16.6. The topological polar surface area (TPSA) is 54.9 Å². The van der Waals surface area contributed by atoms with Crippen molar-refractivity contribution in [1.82, 2.24) is 15.3 Å². The van der Waals surface area contributed by atoms with Crippen molar-refractivity contribution in [3.63, 3.8) is 0 Å². The van der Waals surface area contributed by atoms with Crippen molar-refractivity contribution in [2.45, 2.75) is 62.9 Å². The van der Waals surface area contributed by atoms with Crippen LogP contribution in [0.15, 0.2) is 41.6 Å². The van der Waals surface area contributed by atoms with E-state index in [1.807, 2.05) is 50.2 Å². The summed E-state index contributed by atoms with van der Waals surface area (Å²) in [6.07, 6.45) is 4.77. The Labute approximate surface area is 160 Å². The number of hydrogen-bond donors (Lipinski definition) is 1. The van der Waals surface area contributed by atoms with Crippen molar-refractivity contribution in [2.24, 2.45) is 5.92 Å². The van der Waals surface area contributed by atoms with Gasteiger partial charge >= 0.3 is 0 Å². The summed E-state index contributed by atoms with van der Waals surface area (Å²) >= 11 is 1.43. The molecule has 0 unspecified atom stereocenters. The highest BCUT2D eigenvalue weighted by atomic mass is 32.2. The minimum absolute atomic E-state index is 0.0834. The Morgan fingerprint density at radius 1 is 1.19 bits per heavy atom. The number of rotatable bonds is 5. The van der Waals surface area contributed by atoms with Crippen LogP contribution in [0.4, 0.5) is 0 Å². The Bertz CT molecular complexity index is 750. The van der Waals surface area contributed by atoms with Gasteiger partial charge in [-0.1, -0.05) is 61.9 Å². The van der Waals surface area contributed by atoms with Crippen LogP contribution in [0.1, 0.15) is 45.2 Å². The van der Waals surface area contributed by atoms with E-state index in [0.29, 0.717) is 17.1 Å². The molecule has 3 atom stereocenters. The van der Waals surface area contributed by atoms with Crippen LogP contribution >= 0.6 is 11.8 Å². The number of nitrogens with one attached hydrogen (secondary N) is 1. The van der Waals surface area contributed by atoms with Crippen molar-refractivity contribution in [1.29, 1.82) is 0 Å². The Balaban J connectivity index is 1.68. The lowest BCUT2D eigenvalue weighted by Crippen LogP contribution is -2.44. The lowest BCUT2D eigenvalue weighted by molar-refractivity contribution is -0.121. The van der Waals surface area contributed by atoms with E-state index in [1.165, 1.54) is 31.0 Å². The van der Waals surface area contributed by atoms with E-state index in [1.54, 1.807) is 0 Å². The summed E-state index contributed by atoms with van der Waals surface area (Å²) in [5.41, 5.74) is 2.87. The number of nitrogens with zero attached hydrogens (tertiary/aromatic N) is 2. The van der Waals surface area contributed by atoms with Crippen molar-refractivity contribution in [2.75, 3.05) is 0 Å². The van der Waals surface area contributed by atoms with Crippen LogP contribution in [0.5, 0.6) is 0 Å². The smallest absolute Gasteiger partial charge is 0.233 e. The molecule has 138 valence electrons. The molecule has 1 aromatic heterocycles. The fourth-order valence-corrected chi connectivity index (χ4v) is 4.23. The number of aryl methyl sites for hydroxylation is 1. The Hall–Kier alpha value is -1.88. The van der Waals surface area contributed by atoms with E-state index in [9.17, 15) is 4.79 Å². The summed E-state index contributed by atoms with van der Waals surface area (Å²) in [7, 11) is 0. The third-order valence-electron chi connectivity index (χ3n) is 4.99. The molecule has 1 saturated carbocycles. The molecule has 1 amide bonds. The molecule has 4 nitrogen and oxygen atoms in total. The third-order valence-corrected chi connectivity index (χ3v) is 5.95. The molecule has 3 rings (SSSR count). The van der Waals surface area contributed by atoms with Crippen LogP contribution < -0.4 is 5.32 Å². The largest absolute Gasteiger partial charge is 0.352 e. The second-order valence-electron chi connectivity index (χ2n) is 7.18. The van der Waals surface area contributed by atoms with Crippen LogP contribution in [0, 0.1) is 12.8 Å². The molecule has 0 saturated heterocycles. The number of carbonyl (C=O) groups excluding carboxylic acids is 1. The Morgan fingerprint density at radius 3 is 2.65 bits per heavy atom. The van der Waals surface area contributed by atoms with Gasteiger partial charge in [-0.15, -0.1) is 0 Å². The summed E-state index contributed by atoms with van der Waals surface area (Å²) in [6.45, 7) is 6.13. The zero-order valence-electron chi connectivity index (χ0n) is 15.7. The maximum Gasteiger partial charge on any atom is 0.233 e. The van der Waals surface area contributed by atoms with Gasteiger partial charge in [-0.3, -0.25) is 4.79 Å². The normalized spacial score (nSPS) is 21.2. The molecule has 26 heavy (non-hydrogen) atoms. The van der Waals surface area contributed by atoms with Crippen molar-refractivity contribution in [3.05, 3.63) is 42.1 Å². The van der Waals surface area contributed by atoms with Gasteiger partial charge in [0.2, 0.25) is 5.91 Å². The number of hydrogen-bond acceptors (Lipinski definition) is 4. The summed E-state index contributed by atoms with van der Waals surface area (Å²) in [5.74, 6) is 0.643. The van der Waals surface area contributed by atoms with Gasteiger partial charge in [0.1, 0.15) is 0 Å². The van der Waals surface area contributed by atoms with Crippen LogP contribution in [-0.2, 0) is 4.79 Å². The fraction of sp³-hybridized carbons (Fsp3) is 0.476. The summed E-state index contributed by atoms with van der Waals surface area (Å²) in [5, 5.41) is 3.68. The molecule has 1 N–H and O–H groups in total. The highest BCUT2D eigenvalue weighted by Gasteiger charge is 2.25. The Morgan fingerprint density at radius 2 is 1.92 bits per heavy atom. The summed E-state index contributed by atoms with van der Waals surface area (Å²) in [6, 6.07) is 12.4. The number of thioether (sulfide) groups is 1. The average Bonchev–Trinajstić information content (AvgIpc) is 2.64. The first-order valence-electron chi connectivity index (χ1n) is 9.41. The minimum atomic E-state index is -0.213. The van der Waals surface area contributed by atoms with Crippen LogP contribution in [0.25, 0.3) is 11.3 Å². The Kier molecular flexibility index (Phi) is 6.30. The van der Waals surface area contributed by atoms with E-state index < -0.39 is 0 Å². The monoisotopic (exact) mass is 369 g/mol. The highest BCUT2D eigenvalue weighted by Crippen LogP contribution is 2.27. The van der Waals surface area contributed by atoms with Gasteiger partial charge in [-0.2, -0.15) is 0 Å². The van der Waals surface area contributed by atoms with Gasteiger partial charge in [0, 0.05) is 17.3 Å². The van der Waals surface area contributed by atoms with Gasteiger partial charge in [0.05, 0.1) is 10.9 Å². The summed E-state index contributed by atoms with van der Waals surface area (Å²) in [4.78, 5) is 21.8. The van der Waals surface area contributed by atoms with Crippen LogP contribution in [0.3, 0.4) is 0 Å². The zero-order chi connectivity index (χ0) is 18.5. The number of benzene rings is 1. The van der Waals surface area contributed by atoms with Crippen LogP contribution in [0.2, 0.25) is 0 Å². The maximum atomic E-state index is 12.6. The molecule has 2 aromatic rings. The van der Waals surface area contributed by atoms with Crippen LogP contribution in [-0.4, -0.2) is 27.2 Å². The quantitative estimate of drug-likeness (QED) is 0.617. The molecule has 1 aromatic carbocycles. The van der Waals surface area contributed by atoms with Gasteiger partial charge in [-0.25, -0.2) is 9.97 Å². The van der Waals surface area contributed by atoms with E-state index in [4.69, 9.17) is 0 Å². The predicted molar refractivity (Wildman–Crippen MR) is 107 cm³/mol. The highest BCUT2D eigenvalue weighted by molar-refractivity contribution is 8.00. The molecule has 1 aliphatic carbocycles. The van der Waals surface area contributed by atoms with Gasteiger partial charge in [0.25, 0.3) is 0 Å². The fourth-order valence-electron chi connectivity index (χ4n) is 3.39. The van der Waals surface area contributed by atoms with Crippen molar-refractivity contribution in [3.8, 4) is 11.3 Å². The summed E-state index contributed by atoms with van der Waals surface area (Å²) < 4.78 is 0. The minimum Gasteiger partial charge on any atom is -0.352 e. The molecule has 0 bridgehead atoms. The molecule has 0 spiro atoms. The van der Waals surface area contributed by atoms with Gasteiger partial charge in [-0.05, 0) is 38.7 Å². The number of amides is 1. The third kappa shape index (κ3) is 4.85. The van der Waals surface area contributed by atoms with E-state index in [-0.39, 0.29) is 11.2 Å². The molecule has 1 aliphatic rings. The second kappa shape index (κ2) is 8.67. The second-order valence-corrected chi connectivity index (χ2v) is 8.49. The van der Waals surface area contributed by atoms with Gasteiger partial charge in [0.15, 0.2) is 5.16 Å². The van der Waals surface area contributed by atoms with Gasteiger partial charge < -0.3 is 5.32 Å². The average molecular weight is 370 g/mol. The SMILES string of the molecule is Cc1cc(-c2ccccc2)nc(S[C@@H](C)C(=O)N[C@H]2CCCC[C@@H]2C)n1. The van der Waals surface area contributed by atoms with Crippen molar-refractivity contribution < 1.29 is 4.79 Å².